The molecule has 0 aliphatic rings. The summed E-state index contributed by atoms with van der Waals surface area (Å²) in [6, 6.07) is 37.2. The Hall–Kier alpha value is -5.37. The van der Waals surface area contributed by atoms with Gasteiger partial charge >= 0.3 is 5.97 Å². The fourth-order valence-electron chi connectivity index (χ4n) is 5.29. The molecule has 4 aromatic carbocycles. The second-order valence-corrected chi connectivity index (χ2v) is 13.8. The number of carbonyl (C=O) groups excluding carboxylic acids is 4. The van der Waals surface area contributed by atoms with Crippen molar-refractivity contribution >= 4 is 23.9 Å². The van der Waals surface area contributed by atoms with Crippen molar-refractivity contribution < 1.29 is 29.2 Å². The van der Waals surface area contributed by atoms with Gasteiger partial charge in [-0.2, -0.15) is 5.48 Å². The summed E-state index contributed by atoms with van der Waals surface area (Å²) < 4.78 is 0. The molecule has 0 radical (unpaired) electrons. The molecule has 0 aromatic heterocycles. The Kier molecular flexibility index (Phi) is 22.6. The summed E-state index contributed by atoms with van der Waals surface area (Å²) in [5, 5.41) is 8.49. The number of nitrogens with zero attached hydrogens (tertiary/aromatic N) is 1. The molecule has 4 rings (SSSR count). The van der Waals surface area contributed by atoms with E-state index in [0.717, 1.165) is 56.1 Å². The number of carbonyl (C=O) groups is 3. The summed E-state index contributed by atoms with van der Waals surface area (Å²) >= 11 is 0. The minimum absolute atomic E-state index is 0.0995. The molecule has 0 unspecified atom stereocenters. The van der Waals surface area contributed by atoms with Crippen molar-refractivity contribution in [2.75, 3.05) is 0 Å². The zero-order chi connectivity index (χ0) is 39.4. The fourth-order valence-corrected chi connectivity index (χ4v) is 5.29. The molecule has 0 aliphatic heterocycles. The second kappa shape index (κ2) is 27.3. The third kappa shape index (κ3) is 21.9. The predicted molar refractivity (Wildman–Crippen MR) is 213 cm³/mol. The van der Waals surface area contributed by atoms with E-state index >= 15 is 0 Å². The molecule has 54 heavy (non-hydrogen) atoms. The molecule has 9 heteroatoms. The number of unbranched alkanes of at least 4 members (excludes halogenated alkanes) is 2. The molecule has 0 atom stereocenters. The van der Waals surface area contributed by atoms with Crippen LogP contribution in [-0.4, -0.2) is 35.1 Å². The highest BCUT2D eigenvalue weighted by molar-refractivity contribution is 5.80. The van der Waals surface area contributed by atoms with Gasteiger partial charge in [0.1, 0.15) is 0 Å². The summed E-state index contributed by atoms with van der Waals surface area (Å²) in [5.41, 5.74) is 11.0. The van der Waals surface area contributed by atoms with E-state index in [2.05, 4.69) is 83.3 Å². The number of hydrogen-bond donors (Lipinski definition) is 3. The minimum Gasteiger partial charge on any atom is -0.341 e. The predicted octanol–water partition coefficient (Wildman–Crippen LogP) is 8.45. The molecule has 288 valence electrons. The molecular weight excluding hydrogens is 679 g/mol. The first-order valence-electron chi connectivity index (χ1n) is 18.8. The van der Waals surface area contributed by atoms with Crippen LogP contribution < -0.4 is 11.0 Å². The van der Waals surface area contributed by atoms with Crippen molar-refractivity contribution in [3.05, 3.63) is 143 Å². The van der Waals surface area contributed by atoms with Gasteiger partial charge in [-0.3, -0.25) is 14.8 Å². The number of hydrogen-bond acceptors (Lipinski definition) is 7. The first kappa shape index (κ1) is 44.8. The molecule has 4 aromatic rings. The molecule has 0 aliphatic carbocycles. The van der Waals surface area contributed by atoms with Gasteiger partial charge in [0.2, 0.25) is 12.0 Å². The summed E-state index contributed by atoms with van der Waals surface area (Å²) in [7, 11) is 0. The molecule has 2 amide bonds. The molecule has 9 nitrogen and oxygen atoms in total. The zero-order valence-electron chi connectivity index (χ0n) is 32.3. The van der Waals surface area contributed by atoms with Gasteiger partial charge in [-0.25, -0.2) is 20.1 Å². The van der Waals surface area contributed by atoms with Gasteiger partial charge in [0.25, 0.3) is 5.91 Å². The van der Waals surface area contributed by atoms with Crippen molar-refractivity contribution in [1.82, 2.24) is 11.0 Å². The van der Waals surface area contributed by atoms with E-state index in [9.17, 15) is 19.2 Å². The number of amides is 2. The summed E-state index contributed by atoms with van der Waals surface area (Å²) in [6.07, 6.45) is 11.1. The van der Waals surface area contributed by atoms with Crippen molar-refractivity contribution in [3.8, 4) is 0 Å². The van der Waals surface area contributed by atoms with E-state index in [1.165, 1.54) is 34.8 Å². The van der Waals surface area contributed by atoms with Crippen LogP contribution in [0.3, 0.4) is 0 Å². The Balaban J connectivity index is 0.000000331. The maximum Gasteiger partial charge on any atom is 0.332 e. The largest absolute Gasteiger partial charge is 0.341 e. The number of benzene rings is 4. The number of aryl methyl sites for hydroxylation is 4. The number of nitrogens with one attached hydrogen (secondary N) is 2. The van der Waals surface area contributed by atoms with Crippen LogP contribution in [0.4, 0.5) is 0 Å². The Morgan fingerprint density at radius 2 is 0.963 bits per heavy atom. The van der Waals surface area contributed by atoms with E-state index in [1.807, 2.05) is 64.1 Å². The van der Waals surface area contributed by atoms with Crippen LogP contribution >= 0.6 is 0 Å². The van der Waals surface area contributed by atoms with Crippen LogP contribution in [-0.2, 0) is 62.5 Å². The lowest BCUT2D eigenvalue weighted by atomic mass is 10.0. The highest BCUT2D eigenvalue weighted by Crippen LogP contribution is 2.13. The van der Waals surface area contributed by atoms with Gasteiger partial charge in [0, 0.05) is 0 Å². The number of aliphatic imine (C=N–C) groups is 1. The van der Waals surface area contributed by atoms with E-state index in [-0.39, 0.29) is 36.6 Å². The van der Waals surface area contributed by atoms with Gasteiger partial charge in [-0.1, -0.05) is 123 Å². The van der Waals surface area contributed by atoms with Gasteiger partial charge < -0.3 is 4.84 Å². The van der Waals surface area contributed by atoms with Crippen LogP contribution in [0.1, 0.15) is 93.2 Å². The number of rotatable bonds is 17. The van der Waals surface area contributed by atoms with Crippen molar-refractivity contribution in [2.24, 2.45) is 10.9 Å². The SMILES string of the molecule is CC(C)CC(=O)ONC(=O)Cc1ccc(CCCCc2ccccc2)cc1.CC(C)N=C=O.O=C(Cc1ccc(CCCCc2ccccc2)cc1)NO. The standard InChI is InChI=1S/C23H29NO3.C18H21NO2.C4H7NO/c1-18(2)16-23(26)27-24-22(25)17-21-14-12-20(13-15-21)11-7-6-10-19-8-4-3-5-9-19;20-18(19-21)14-17-12-10-16(11-13-17)9-5-4-8-15-6-2-1-3-7-15;1-4(2)5-3-6/h3-5,8-9,12-15,18H,6-7,10-11,16-17H2,1-2H3,(H,24,25);1-3,6-7,10-13,21H,4-5,8-9,14H2,(H,19,20);4H,1-2H3. The first-order chi connectivity index (χ1) is 26.1. The molecule has 0 spiro atoms. The average molecular weight is 736 g/mol. The Morgan fingerprint density at radius 3 is 1.30 bits per heavy atom. The van der Waals surface area contributed by atoms with Crippen LogP contribution in [0.2, 0.25) is 0 Å². The van der Waals surface area contributed by atoms with E-state index in [1.54, 1.807) is 5.48 Å². The van der Waals surface area contributed by atoms with Gasteiger partial charge in [0.05, 0.1) is 25.3 Å². The maximum absolute atomic E-state index is 11.8. The number of hydroxylamine groups is 2. The molecule has 0 bridgehead atoms. The van der Waals surface area contributed by atoms with E-state index < -0.39 is 5.97 Å². The smallest absolute Gasteiger partial charge is 0.332 e. The third-order valence-electron chi connectivity index (χ3n) is 8.11. The zero-order valence-corrected chi connectivity index (χ0v) is 32.3. The maximum atomic E-state index is 11.8. The molecule has 0 fully saturated rings. The lowest BCUT2D eigenvalue weighted by molar-refractivity contribution is -0.158. The second-order valence-electron chi connectivity index (χ2n) is 13.8. The molecular formula is C45H57N3O6. The van der Waals surface area contributed by atoms with E-state index in [0.29, 0.717) is 6.42 Å². The fraction of sp³-hybridized carbons (Fsp3) is 0.378. The number of isocyanates is 1. The van der Waals surface area contributed by atoms with Gasteiger partial charge in [0.15, 0.2) is 0 Å². The molecule has 3 N–H and O–H groups in total. The van der Waals surface area contributed by atoms with Crippen molar-refractivity contribution in [1.29, 1.82) is 0 Å². The Labute approximate surface area is 321 Å². The quantitative estimate of drug-likeness (QED) is 0.0328. The van der Waals surface area contributed by atoms with Gasteiger partial charge in [-0.05, 0) is 105 Å². The van der Waals surface area contributed by atoms with Crippen LogP contribution in [0, 0.1) is 5.92 Å². The highest BCUT2D eigenvalue weighted by atomic mass is 16.7. The first-order valence-corrected chi connectivity index (χ1v) is 18.8. The normalized spacial score (nSPS) is 10.2. The lowest BCUT2D eigenvalue weighted by Gasteiger charge is -2.08. The Bertz CT molecular complexity index is 1670. The summed E-state index contributed by atoms with van der Waals surface area (Å²) in [4.78, 5) is 51.7. The molecule has 0 saturated heterocycles. The summed E-state index contributed by atoms with van der Waals surface area (Å²) in [5.74, 6) is -0.910. The van der Waals surface area contributed by atoms with Crippen LogP contribution in [0.25, 0.3) is 0 Å². The highest BCUT2D eigenvalue weighted by Gasteiger charge is 2.10. The Morgan fingerprint density at radius 1 is 0.593 bits per heavy atom. The van der Waals surface area contributed by atoms with Crippen molar-refractivity contribution in [2.45, 2.75) is 104 Å². The van der Waals surface area contributed by atoms with E-state index in [4.69, 9.17) is 10.0 Å². The summed E-state index contributed by atoms with van der Waals surface area (Å²) in [6.45, 7) is 7.49. The lowest BCUT2D eigenvalue weighted by Crippen LogP contribution is -2.28. The van der Waals surface area contributed by atoms with Gasteiger partial charge in [-0.15, -0.1) is 0 Å². The average Bonchev–Trinajstić information content (AvgIpc) is 3.16. The minimum atomic E-state index is -0.413. The molecule has 0 heterocycles. The monoisotopic (exact) mass is 735 g/mol. The third-order valence-corrected chi connectivity index (χ3v) is 8.11. The molecule has 0 saturated carbocycles. The topological polar surface area (TPSA) is 134 Å². The van der Waals surface area contributed by atoms with Crippen LogP contribution in [0.5, 0.6) is 0 Å². The van der Waals surface area contributed by atoms with Crippen LogP contribution in [0.15, 0.2) is 114 Å². The van der Waals surface area contributed by atoms with Crippen molar-refractivity contribution in [3.63, 3.8) is 0 Å².